The molecule has 0 unspecified atom stereocenters. The number of unbranched alkanes of at least 4 members (excludes halogenated alkanes) is 1. The lowest BCUT2D eigenvalue weighted by molar-refractivity contribution is 0.253. The SMILES string of the molecule is c1ccc(N2CCN(CCCCc3ccon3)CC2)cc1. The van der Waals surface area contributed by atoms with Crippen LogP contribution in [0.15, 0.2) is 47.2 Å². The zero-order valence-corrected chi connectivity index (χ0v) is 12.4. The molecule has 4 nitrogen and oxygen atoms in total. The van der Waals surface area contributed by atoms with Gasteiger partial charge in [-0.15, -0.1) is 0 Å². The van der Waals surface area contributed by atoms with Crippen LogP contribution in [0.3, 0.4) is 0 Å². The van der Waals surface area contributed by atoms with E-state index in [4.69, 9.17) is 4.52 Å². The van der Waals surface area contributed by atoms with Gasteiger partial charge in [0, 0.05) is 37.9 Å². The molecule has 1 aromatic heterocycles. The fourth-order valence-corrected chi connectivity index (χ4v) is 2.88. The van der Waals surface area contributed by atoms with Crippen LogP contribution >= 0.6 is 0 Å². The second-order valence-corrected chi connectivity index (χ2v) is 5.61. The van der Waals surface area contributed by atoms with Gasteiger partial charge in [-0.05, 0) is 37.9 Å². The molecular weight excluding hydrogens is 262 g/mol. The lowest BCUT2D eigenvalue weighted by Gasteiger charge is -2.36. The third-order valence-electron chi connectivity index (χ3n) is 4.14. The van der Waals surface area contributed by atoms with E-state index in [1.807, 2.05) is 6.07 Å². The summed E-state index contributed by atoms with van der Waals surface area (Å²) in [5.41, 5.74) is 2.42. The second-order valence-electron chi connectivity index (χ2n) is 5.61. The Labute approximate surface area is 126 Å². The van der Waals surface area contributed by atoms with Gasteiger partial charge in [0.25, 0.3) is 0 Å². The molecule has 1 aliphatic rings. The van der Waals surface area contributed by atoms with Gasteiger partial charge in [-0.2, -0.15) is 0 Å². The molecule has 2 heterocycles. The van der Waals surface area contributed by atoms with Crippen LogP contribution in [0.25, 0.3) is 0 Å². The van der Waals surface area contributed by atoms with Gasteiger partial charge in [0.2, 0.25) is 0 Å². The minimum absolute atomic E-state index is 1.03. The standard InChI is InChI=1S/C17H23N3O/c1-2-7-17(8-3-1)20-13-11-19(12-14-20)10-5-4-6-16-9-15-21-18-16/h1-3,7-9,15H,4-6,10-14H2. The molecule has 0 saturated carbocycles. The molecular formula is C17H23N3O. The van der Waals surface area contributed by atoms with E-state index in [-0.39, 0.29) is 0 Å². The zero-order chi connectivity index (χ0) is 14.3. The van der Waals surface area contributed by atoms with Crippen LogP contribution in [-0.4, -0.2) is 42.8 Å². The van der Waals surface area contributed by atoms with Gasteiger partial charge in [-0.25, -0.2) is 0 Å². The summed E-state index contributed by atoms with van der Waals surface area (Å²) in [7, 11) is 0. The Morgan fingerprint density at radius 1 is 0.952 bits per heavy atom. The van der Waals surface area contributed by atoms with E-state index in [0.717, 1.165) is 25.2 Å². The van der Waals surface area contributed by atoms with Crippen LogP contribution in [0.1, 0.15) is 18.5 Å². The normalized spacial score (nSPS) is 16.3. The summed E-state index contributed by atoms with van der Waals surface area (Å²) in [6.45, 7) is 5.79. The number of hydrogen-bond acceptors (Lipinski definition) is 4. The lowest BCUT2D eigenvalue weighted by atomic mass is 10.2. The van der Waals surface area contributed by atoms with Crippen molar-refractivity contribution < 1.29 is 4.52 Å². The third kappa shape index (κ3) is 4.08. The van der Waals surface area contributed by atoms with Gasteiger partial charge < -0.3 is 9.42 Å². The molecule has 0 radical (unpaired) electrons. The average Bonchev–Trinajstić information content (AvgIpc) is 3.06. The smallest absolute Gasteiger partial charge is 0.124 e. The van der Waals surface area contributed by atoms with Crippen molar-refractivity contribution in [3.8, 4) is 0 Å². The molecule has 0 atom stereocenters. The Bertz CT molecular complexity index is 504. The zero-order valence-electron chi connectivity index (χ0n) is 12.4. The molecule has 2 aromatic rings. The second kappa shape index (κ2) is 7.27. The fourth-order valence-electron chi connectivity index (χ4n) is 2.88. The molecule has 0 aliphatic carbocycles. The van der Waals surface area contributed by atoms with E-state index in [1.54, 1.807) is 6.26 Å². The van der Waals surface area contributed by atoms with E-state index < -0.39 is 0 Å². The molecule has 1 aliphatic heterocycles. The molecule has 21 heavy (non-hydrogen) atoms. The highest BCUT2D eigenvalue weighted by Crippen LogP contribution is 2.15. The van der Waals surface area contributed by atoms with Gasteiger partial charge in [-0.3, -0.25) is 4.90 Å². The van der Waals surface area contributed by atoms with Crippen molar-refractivity contribution in [1.29, 1.82) is 0 Å². The molecule has 1 saturated heterocycles. The molecule has 3 rings (SSSR count). The third-order valence-corrected chi connectivity index (χ3v) is 4.14. The van der Waals surface area contributed by atoms with Crippen molar-refractivity contribution in [2.45, 2.75) is 19.3 Å². The highest BCUT2D eigenvalue weighted by Gasteiger charge is 2.16. The summed E-state index contributed by atoms with van der Waals surface area (Å²) < 4.78 is 4.85. The number of hydrogen-bond donors (Lipinski definition) is 0. The Morgan fingerprint density at radius 3 is 2.48 bits per heavy atom. The maximum absolute atomic E-state index is 4.85. The first-order valence-corrected chi connectivity index (χ1v) is 7.83. The number of aryl methyl sites for hydroxylation is 1. The van der Waals surface area contributed by atoms with Crippen molar-refractivity contribution in [3.05, 3.63) is 48.4 Å². The maximum Gasteiger partial charge on any atom is 0.124 e. The van der Waals surface area contributed by atoms with Crippen LogP contribution in [-0.2, 0) is 6.42 Å². The average molecular weight is 285 g/mol. The maximum atomic E-state index is 4.85. The minimum Gasteiger partial charge on any atom is -0.369 e. The summed E-state index contributed by atoms with van der Waals surface area (Å²) in [5.74, 6) is 0. The predicted molar refractivity (Wildman–Crippen MR) is 84.5 cm³/mol. The molecule has 112 valence electrons. The largest absolute Gasteiger partial charge is 0.369 e. The van der Waals surface area contributed by atoms with Crippen LogP contribution < -0.4 is 4.90 Å². The van der Waals surface area contributed by atoms with E-state index >= 15 is 0 Å². The number of anilines is 1. The summed E-state index contributed by atoms with van der Waals surface area (Å²) in [6.07, 6.45) is 5.10. The van der Waals surface area contributed by atoms with Gasteiger partial charge in [0.15, 0.2) is 0 Å². The predicted octanol–water partition coefficient (Wildman–Crippen LogP) is 2.82. The monoisotopic (exact) mass is 285 g/mol. The first kappa shape index (κ1) is 14.1. The Balaban J connectivity index is 1.34. The molecule has 1 aromatic carbocycles. The van der Waals surface area contributed by atoms with Crippen LogP contribution in [0.2, 0.25) is 0 Å². The van der Waals surface area contributed by atoms with Crippen molar-refractivity contribution in [2.75, 3.05) is 37.6 Å². The van der Waals surface area contributed by atoms with Gasteiger partial charge in [-0.1, -0.05) is 23.4 Å². The number of piperazine rings is 1. The van der Waals surface area contributed by atoms with Crippen LogP contribution in [0, 0.1) is 0 Å². The molecule has 4 heteroatoms. The topological polar surface area (TPSA) is 32.5 Å². The van der Waals surface area contributed by atoms with Crippen molar-refractivity contribution in [3.63, 3.8) is 0 Å². The van der Waals surface area contributed by atoms with Gasteiger partial charge >= 0.3 is 0 Å². The number of para-hydroxylation sites is 1. The Morgan fingerprint density at radius 2 is 1.76 bits per heavy atom. The molecule has 1 fully saturated rings. The van der Waals surface area contributed by atoms with Gasteiger partial charge in [0.1, 0.15) is 6.26 Å². The molecule has 0 amide bonds. The van der Waals surface area contributed by atoms with E-state index in [9.17, 15) is 0 Å². The Kier molecular flexibility index (Phi) is 4.90. The van der Waals surface area contributed by atoms with E-state index in [2.05, 4.69) is 45.3 Å². The number of nitrogens with zero attached hydrogens (tertiary/aromatic N) is 3. The Hall–Kier alpha value is -1.81. The van der Waals surface area contributed by atoms with Crippen LogP contribution in [0.5, 0.6) is 0 Å². The summed E-state index contributed by atoms with van der Waals surface area (Å²) in [5, 5.41) is 3.95. The highest BCUT2D eigenvalue weighted by molar-refractivity contribution is 5.46. The fraction of sp³-hybridized carbons (Fsp3) is 0.471. The minimum atomic E-state index is 1.03. The summed E-state index contributed by atoms with van der Waals surface area (Å²) in [4.78, 5) is 5.05. The summed E-state index contributed by atoms with van der Waals surface area (Å²) in [6, 6.07) is 12.7. The lowest BCUT2D eigenvalue weighted by Crippen LogP contribution is -2.46. The molecule has 0 spiro atoms. The molecule has 0 bridgehead atoms. The highest BCUT2D eigenvalue weighted by atomic mass is 16.5. The number of rotatable bonds is 6. The number of aromatic nitrogens is 1. The first-order chi connectivity index (χ1) is 10.4. The number of benzene rings is 1. The summed E-state index contributed by atoms with van der Waals surface area (Å²) >= 11 is 0. The van der Waals surface area contributed by atoms with Crippen LogP contribution in [0.4, 0.5) is 5.69 Å². The van der Waals surface area contributed by atoms with Crippen molar-refractivity contribution >= 4 is 5.69 Å². The van der Waals surface area contributed by atoms with Gasteiger partial charge in [0.05, 0.1) is 5.69 Å². The van der Waals surface area contributed by atoms with E-state index in [1.165, 1.54) is 38.2 Å². The first-order valence-electron chi connectivity index (χ1n) is 7.83. The molecule has 0 N–H and O–H groups in total. The van der Waals surface area contributed by atoms with E-state index in [0.29, 0.717) is 0 Å². The van der Waals surface area contributed by atoms with Crippen molar-refractivity contribution in [1.82, 2.24) is 10.1 Å². The van der Waals surface area contributed by atoms with Crippen molar-refractivity contribution in [2.24, 2.45) is 0 Å². The quantitative estimate of drug-likeness (QED) is 0.764.